The summed E-state index contributed by atoms with van der Waals surface area (Å²) in [6.07, 6.45) is 5.98. The summed E-state index contributed by atoms with van der Waals surface area (Å²) >= 11 is 0. The van der Waals surface area contributed by atoms with Gasteiger partial charge in [-0.3, -0.25) is 14.4 Å². The molecular formula is C37H32N2O3. The lowest BCUT2D eigenvalue weighted by Gasteiger charge is -2.37. The first-order valence-corrected chi connectivity index (χ1v) is 14.7. The minimum atomic E-state index is -1.30. The lowest BCUT2D eigenvalue weighted by atomic mass is 9.64. The number of amides is 1. The van der Waals surface area contributed by atoms with Crippen molar-refractivity contribution in [1.82, 2.24) is 0 Å². The van der Waals surface area contributed by atoms with E-state index in [1.54, 1.807) is 12.1 Å². The normalized spacial score (nSPS) is 23.3. The van der Waals surface area contributed by atoms with Gasteiger partial charge < -0.3 is 10.2 Å². The van der Waals surface area contributed by atoms with Crippen LogP contribution < -0.4 is 10.2 Å². The van der Waals surface area contributed by atoms with Crippen molar-refractivity contribution in [2.45, 2.75) is 44.2 Å². The Hall–Kier alpha value is -4.77. The maximum Gasteiger partial charge on any atom is 0.238 e. The fraction of sp³-hybridized carbons (Fsp3) is 0.216. The van der Waals surface area contributed by atoms with Crippen molar-refractivity contribution in [3.05, 3.63) is 137 Å². The zero-order valence-corrected chi connectivity index (χ0v) is 23.7. The lowest BCUT2D eigenvalue weighted by molar-refractivity contribution is -0.121. The van der Waals surface area contributed by atoms with E-state index in [1.165, 1.54) is 0 Å². The van der Waals surface area contributed by atoms with Crippen LogP contribution in [0.1, 0.15) is 56.3 Å². The number of hydrogen-bond acceptors (Lipinski definition) is 4. The molecule has 1 spiro atoms. The van der Waals surface area contributed by atoms with Gasteiger partial charge in [0.25, 0.3) is 0 Å². The number of carbonyl (C=O) groups is 3. The third-order valence-corrected chi connectivity index (χ3v) is 9.17. The molecule has 4 atom stereocenters. The molecule has 4 unspecified atom stereocenters. The van der Waals surface area contributed by atoms with Gasteiger partial charge in [-0.25, -0.2) is 0 Å². The summed E-state index contributed by atoms with van der Waals surface area (Å²) < 4.78 is 0. The van der Waals surface area contributed by atoms with Crippen LogP contribution in [-0.4, -0.2) is 29.6 Å². The molecule has 1 amide bonds. The number of aryl methyl sites for hydroxylation is 2. The Morgan fingerprint density at radius 1 is 0.857 bits per heavy atom. The molecule has 0 bridgehead atoms. The summed E-state index contributed by atoms with van der Waals surface area (Å²) in [5.74, 6) is -1.58. The van der Waals surface area contributed by atoms with Crippen molar-refractivity contribution in [3.63, 3.8) is 0 Å². The number of fused-ring (bicyclic) bond motifs is 6. The molecule has 42 heavy (non-hydrogen) atoms. The van der Waals surface area contributed by atoms with Crippen molar-refractivity contribution in [1.29, 1.82) is 0 Å². The van der Waals surface area contributed by atoms with Crippen molar-refractivity contribution in [2.24, 2.45) is 5.92 Å². The Balaban J connectivity index is 1.50. The highest BCUT2D eigenvalue weighted by Gasteiger charge is 2.70. The van der Waals surface area contributed by atoms with Crippen LogP contribution in [0, 0.1) is 12.8 Å². The van der Waals surface area contributed by atoms with E-state index in [4.69, 9.17) is 0 Å². The molecule has 5 nitrogen and oxygen atoms in total. The number of ketones is 2. The van der Waals surface area contributed by atoms with Crippen LogP contribution in [0.4, 0.5) is 11.4 Å². The number of rotatable bonds is 6. The molecule has 0 radical (unpaired) electrons. The van der Waals surface area contributed by atoms with E-state index in [-0.39, 0.29) is 17.5 Å². The largest absolute Gasteiger partial charge is 0.352 e. The van der Waals surface area contributed by atoms with Crippen LogP contribution in [0.25, 0.3) is 6.08 Å². The summed E-state index contributed by atoms with van der Waals surface area (Å²) in [5.41, 5.74) is 5.25. The Bertz CT molecular complexity index is 1760. The lowest BCUT2D eigenvalue weighted by Crippen LogP contribution is -2.51. The molecule has 4 aromatic rings. The number of benzene rings is 4. The van der Waals surface area contributed by atoms with E-state index < -0.39 is 23.4 Å². The summed E-state index contributed by atoms with van der Waals surface area (Å²) in [5, 5.41) is 3.09. The van der Waals surface area contributed by atoms with Gasteiger partial charge in [0.15, 0.2) is 11.6 Å². The smallest absolute Gasteiger partial charge is 0.238 e. The third-order valence-electron chi connectivity index (χ3n) is 9.17. The van der Waals surface area contributed by atoms with E-state index in [1.807, 2.05) is 97.9 Å². The van der Waals surface area contributed by atoms with E-state index in [9.17, 15) is 14.4 Å². The number of nitrogens with one attached hydrogen (secondary N) is 1. The number of hydrogen-bond donors (Lipinski definition) is 1. The fourth-order valence-corrected chi connectivity index (χ4v) is 7.38. The summed E-state index contributed by atoms with van der Waals surface area (Å²) in [6.45, 7) is 4.16. The standard InChI is InChI=1S/C37H32N2O3/c1-3-9-24-15-17-26(18-16-24)34(40)32-33(35(41)25-10-5-4-6-11-25)39-30-20-14-23(2)22-27(30)19-21-31(39)37(32)28-12-7-8-13-29(28)38-36(37)42/h4-8,10-22,31-33H,3,9H2,1-2H3,(H,38,42). The molecule has 1 N–H and O–H groups in total. The highest BCUT2D eigenvalue weighted by Crippen LogP contribution is 2.58. The predicted octanol–water partition coefficient (Wildman–Crippen LogP) is 6.80. The van der Waals surface area contributed by atoms with Gasteiger partial charge in [-0.15, -0.1) is 0 Å². The Morgan fingerprint density at radius 3 is 2.33 bits per heavy atom. The van der Waals surface area contributed by atoms with Gasteiger partial charge in [0.2, 0.25) is 5.91 Å². The molecule has 3 aliphatic heterocycles. The molecular weight excluding hydrogens is 520 g/mol. The van der Waals surface area contributed by atoms with Crippen molar-refractivity contribution < 1.29 is 14.4 Å². The second-order valence-electron chi connectivity index (χ2n) is 11.6. The molecule has 0 aromatic heterocycles. The fourth-order valence-electron chi connectivity index (χ4n) is 7.38. The van der Waals surface area contributed by atoms with Crippen molar-refractivity contribution in [3.8, 4) is 0 Å². The highest BCUT2D eigenvalue weighted by atomic mass is 16.2. The Labute approximate surface area is 245 Å². The van der Waals surface area contributed by atoms with Crippen molar-refractivity contribution >= 4 is 34.9 Å². The zero-order chi connectivity index (χ0) is 29.0. The first-order valence-electron chi connectivity index (χ1n) is 14.7. The molecule has 1 fully saturated rings. The predicted molar refractivity (Wildman–Crippen MR) is 166 cm³/mol. The molecule has 208 valence electrons. The minimum absolute atomic E-state index is 0.169. The Morgan fingerprint density at radius 2 is 1.57 bits per heavy atom. The molecule has 7 rings (SSSR count). The molecule has 0 saturated carbocycles. The van der Waals surface area contributed by atoms with Crippen LogP contribution in [0.2, 0.25) is 0 Å². The second kappa shape index (κ2) is 9.95. The first kappa shape index (κ1) is 26.1. The van der Waals surface area contributed by atoms with Gasteiger partial charge >= 0.3 is 0 Å². The van der Waals surface area contributed by atoms with Gasteiger partial charge in [0, 0.05) is 22.5 Å². The highest BCUT2D eigenvalue weighted by molar-refractivity contribution is 6.18. The molecule has 3 aliphatic rings. The average Bonchev–Trinajstić information content (AvgIpc) is 3.49. The van der Waals surface area contributed by atoms with Crippen LogP contribution in [0.15, 0.2) is 103 Å². The molecule has 4 aromatic carbocycles. The van der Waals surface area contributed by atoms with Gasteiger partial charge in [-0.05, 0) is 48.2 Å². The maximum atomic E-state index is 14.9. The number of carbonyl (C=O) groups excluding carboxylic acids is 3. The number of Topliss-reactive ketones (excluding diaryl/α,β-unsaturated/α-hetero) is 2. The number of anilines is 2. The van der Waals surface area contributed by atoms with Crippen molar-refractivity contribution in [2.75, 3.05) is 10.2 Å². The van der Waals surface area contributed by atoms with Gasteiger partial charge in [0.1, 0.15) is 11.5 Å². The topological polar surface area (TPSA) is 66.5 Å². The van der Waals surface area contributed by atoms with Crippen LogP contribution in [0.5, 0.6) is 0 Å². The molecule has 1 saturated heterocycles. The number of para-hydroxylation sites is 1. The molecule has 3 heterocycles. The number of nitrogens with zero attached hydrogens (tertiary/aromatic N) is 1. The Kier molecular flexibility index (Phi) is 6.19. The summed E-state index contributed by atoms with van der Waals surface area (Å²) in [4.78, 5) is 46.1. The maximum absolute atomic E-state index is 14.9. The van der Waals surface area contributed by atoms with Crippen LogP contribution in [-0.2, 0) is 16.6 Å². The SMILES string of the molecule is CCCc1ccc(C(=O)C2C(C(=O)c3ccccc3)N3c4ccc(C)cc4C=CC3C23C(=O)Nc2ccccc23)cc1. The molecule has 5 heteroatoms. The average molecular weight is 553 g/mol. The minimum Gasteiger partial charge on any atom is -0.352 e. The monoisotopic (exact) mass is 552 g/mol. The first-order chi connectivity index (χ1) is 20.4. The van der Waals surface area contributed by atoms with E-state index in [0.717, 1.165) is 40.8 Å². The summed E-state index contributed by atoms with van der Waals surface area (Å²) in [6, 6.07) is 29.1. The van der Waals surface area contributed by atoms with E-state index >= 15 is 0 Å². The second-order valence-corrected chi connectivity index (χ2v) is 11.6. The van der Waals surface area contributed by atoms with Gasteiger partial charge in [-0.1, -0.05) is 110 Å². The zero-order valence-electron chi connectivity index (χ0n) is 23.7. The van der Waals surface area contributed by atoms with Crippen LogP contribution >= 0.6 is 0 Å². The van der Waals surface area contributed by atoms with E-state index in [2.05, 4.69) is 23.2 Å². The van der Waals surface area contributed by atoms with Crippen LogP contribution in [0.3, 0.4) is 0 Å². The quantitative estimate of drug-likeness (QED) is 0.267. The summed E-state index contributed by atoms with van der Waals surface area (Å²) in [7, 11) is 0. The third kappa shape index (κ3) is 3.73. The molecule has 0 aliphatic carbocycles. The van der Waals surface area contributed by atoms with E-state index in [0.29, 0.717) is 16.8 Å². The van der Waals surface area contributed by atoms with Gasteiger partial charge in [-0.2, -0.15) is 0 Å². The van der Waals surface area contributed by atoms with Gasteiger partial charge in [0.05, 0.1) is 12.0 Å².